The van der Waals surface area contributed by atoms with Gasteiger partial charge in [0.1, 0.15) is 18.2 Å². The van der Waals surface area contributed by atoms with E-state index < -0.39 is 11.7 Å². The fraction of sp³-hybridized carbons (Fsp3) is 0.200. The van der Waals surface area contributed by atoms with Crippen LogP contribution in [0, 0.1) is 5.82 Å². The van der Waals surface area contributed by atoms with E-state index in [1.165, 1.54) is 24.3 Å². The Hall–Kier alpha value is -2.24. The van der Waals surface area contributed by atoms with E-state index >= 15 is 0 Å². The molecule has 0 spiro atoms. The Kier molecular flexibility index (Phi) is 4.67. The van der Waals surface area contributed by atoms with Gasteiger partial charge in [-0.05, 0) is 48.5 Å². The second-order valence-electron chi connectivity index (χ2n) is 4.30. The monoisotopic (exact) mass is 299 g/mol. The van der Waals surface area contributed by atoms with Crippen molar-refractivity contribution in [3.05, 3.63) is 59.9 Å². The number of benzene rings is 2. The van der Waals surface area contributed by atoms with Crippen LogP contribution in [-0.4, -0.2) is 13.2 Å². The standard InChI is InChI=1S/C15H13F4NO/c16-12-3-5-13(6-4-12)20-9-10-21-14-7-1-11(2-8-14)15(17,18)19/h1-8,20H,9-10H2. The quantitative estimate of drug-likeness (QED) is 0.655. The number of nitrogens with one attached hydrogen (secondary N) is 1. The lowest BCUT2D eigenvalue weighted by atomic mass is 10.2. The van der Waals surface area contributed by atoms with Crippen molar-refractivity contribution in [1.29, 1.82) is 0 Å². The molecule has 21 heavy (non-hydrogen) atoms. The molecule has 0 aliphatic carbocycles. The number of alkyl halides is 3. The molecular formula is C15H13F4NO. The maximum absolute atomic E-state index is 12.7. The highest BCUT2D eigenvalue weighted by molar-refractivity contribution is 5.42. The SMILES string of the molecule is Fc1ccc(NCCOc2ccc(C(F)(F)F)cc2)cc1. The lowest BCUT2D eigenvalue weighted by Gasteiger charge is -2.10. The molecule has 0 aliphatic heterocycles. The van der Waals surface area contributed by atoms with E-state index in [0.717, 1.165) is 17.8 Å². The predicted molar refractivity (Wildman–Crippen MR) is 71.8 cm³/mol. The van der Waals surface area contributed by atoms with E-state index in [0.29, 0.717) is 12.3 Å². The molecule has 0 amide bonds. The van der Waals surface area contributed by atoms with Gasteiger partial charge in [0, 0.05) is 12.2 Å². The van der Waals surface area contributed by atoms with E-state index in [1.54, 1.807) is 12.1 Å². The van der Waals surface area contributed by atoms with Crippen LogP contribution in [0.2, 0.25) is 0 Å². The summed E-state index contributed by atoms with van der Waals surface area (Å²) in [6.45, 7) is 0.732. The molecule has 0 atom stereocenters. The maximum atomic E-state index is 12.7. The zero-order chi connectivity index (χ0) is 15.3. The number of hydrogen-bond acceptors (Lipinski definition) is 2. The summed E-state index contributed by atoms with van der Waals surface area (Å²) in [5.74, 6) is 0.0467. The van der Waals surface area contributed by atoms with Gasteiger partial charge < -0.3 is 10.1 Å². The third kappa shape index (κ3) is 4.66. The third-order valence-corrected chi connectivity index (χ3v) is 2.73. The molecule has 6 heteroatoms. The Morgan fingerprint density at radius 2 is 1.52 bits per heavy atom. The Balaban J connectivity index is 1.77. The molecule has 2 aromatic carbocycles. The van der Waals surface area contributed by atoms with Gasteiger partial charge in [0.25, 0.3) is 0 Å². The van der Waals surface area contributed by atoms with Crippen LogP contribution in [0.3, 0.4) is 0 Å². The molecular weight excluding hydrogens is 286 g/mol. The molecule has 1 N–H and O–H groups in total. The first kappa shape index (κ1) is 15.2. The van der Waals surface area contributed by atoms with Crippen molar-refractivity contribution in [1.82, 2.24) is 0 Å². The number of halogens is 4. The molecule has 2 rings (SSSR count). The van der Waals surface area contributed by atoms with Gasteiger partial charge in [0.2, 0.25) is 0 Å². The van der Waals surface area contributed by atoms with Crippen molar-refractivity contribution in [3.63, 3.8) is 0 Å². The summed E-state index contributed by atoms with van der Waals surface area (Å²) in [5.41, 5.74) is 0.0340. The number of rotatable bonds is 5. The molecule has 112 valence electrons. The van der Waals surface area contributed by atoms with Crippen LogP contribution in [0.25, 0.3) is 0 Å². The van der Waals surface area contributed by atoms with Crippen molar-refractivity contribution < 1.29 is 22.3 Å². The van der Waals surface area contributed by atoms with Crippen molar-refractivity contribution in [2.75, 3.05) is 18.5 Å². The number of hydrogen-bond donors (Lipinski definition) is 1. The van der Waals surface area contributed by atoms with Gasteiger partial charge in [-0.1, -0.05) is 0 Å². The lowest BCUT2D eigenvalue weighted by Crippen LogP contribution is -2.11. The van der Waals surface area contributed by atoms with Gasteiger partial charge in [-0.15, -0.1) is 0 Å². The fourth-order valence-corrected chi connectivity index (χ4v) is 1.67. The van der Waals surface area contributed by atoms with Gasteiger partial charge in [-0.25, -0.2) is 4.39 Å². The minimum Gasteiger partial charge on any atom is -0.492 e. The van der Waals surface area contributed by atoms with Gasteiger partial charge in [-0.2, -0.15) is 13.2 Å². The number of ether oxygens (including phenoxy) is 1. The van der Waals surface area contributed by atoms with Crippen LogP contribution in [0.4, 0.5) is 23.2 Å². The molecule has 0 aromatic heterocycles. The first-order valence-corrected chi connectivity index (χ1v) is 6.25. The molecule has 0 aliphatic rings. The van der Waals surface area contributed by atoms with Gasteiger partial charge in [0.05, 0.1) is 5.56 Å². The predicted octanol–water partition coefficient (Wildman–Crippen LogP) is 4.34. The second kappa shape index (κ2) is 6.47. The molecule has 0 heterocycles. The van der Waals surface area contributed by atoms with E-state index in [-0.39, 0.29) is 12.4 Å². The maximum Gasteiger partial charge on any atom is 0.416 e. The first-order chi connectivity index (χ1) is 9.95. The largest absolute Gasteiger partial charge is 0.492 e. The molecule has 0 bridgehead atoms. The van der Waals surface area contributed by atoms with Crippen LogP contribution >= 0.6 is 0 Å². The van der Waals surface area contributed by atoms with Gasteiger partial charge in [0.15, 0.2) is 0 Å². The van der Waals surface area contributed by atoms with Crippen molar-refractivity contribution in [3.8, 4) is 5.75 Å². The highest BCUT2D eigenvalue weighted by Crippen LogP contribution is 2.30. The molecule has 0 saturated carbocycles. The number of anilines is 1. The average molecular weight is 299 g/mol. The molecule has 0 radical (unpaired) electrons. The summed E-state index contributed by atoms with van der Waals surface area (Å²) >= 11 is 0. The summed E-state index contributed by atoms with van der Waals surface area (Å²) in [7, 11) is 0. The molecule has 0 fully saturated rings. The van der Waals surface area contributed by atoms with Crippen LogP contribution in [-0.2, 0) is 6.18 Å². The summed E-state index contributed by atoms with van der Waals surface area (Å²) in [6, 6.07) is 10.4. The fourth-order valence-electron chi connectivity index (χ4n) is 1.67. The van der Waals surface area contributed by atoms with Gasteiger partial charge >= 0.3 is 6.18 Å². The smallest absolute Gasteiger partial charge is 0.416 e. The Morgan fingerprint density at radius 1 is 0.905 bits per heavy atom. The molecule has 2 nitrogen and oxygen atoms in total. The summed E-state index contributed by atoms with van der Waals surface area (Å²) in [4.78, 5) is 0. The van der Waals surface area contributed by atoms with E-state index in [1.807, 2.05) is 0 Å². The molecule has 0 saturated heterocycles. The van der Waals surface area contributed by atoms with Crippen molar-refractivity contribution in [2.45, 2.75) is 6.18 Å². The van der Waals surface area contributed by atoms with E-state index in [9.17, 15) is 17.6 Å². The first-order valence-electron chi connectivity index (χ1n) is 6.25. The zero-order valence-corrected chi connectivity index (χ0v) is 11.0. The Bertz CT molecular complexity index is 564. The second-order valence-corrected chi connectivity index (χ2v) is 4.30. The summed E-state index contributed by atoms with van der Waals surface area (Å²) in [5, 5.41) is 3.01. The van der Waals surface area contributed by atoms with Gasteiger partial charge in [-0.3, -0.25) is 0 Å². The van der Waals surface area contributed by atoms with Crippen molar-refractivity contribution in [2.24, 2.45) is 0 Å². The third-order valence-electron chi connectivity index (χ3n) is 2.73. The normalized spacial score (nSPS) is 11.2. The minimum absolute atomic E-state index is 0.280. The van der Waals surface area contributed by atoms with Crippen molar-refractivity contribution >= 4 is 5.69 Å². The Morgan fingerprint density at radius 3 is 2.10 bits per heavy atom. The van der Waals surface area contributed by atoms with Crippen LogP contribution in [0.5, 0.6) is 5.75 Å². The van der Waals surface area contributed by atoms with Crippen LogP contribution in [0.15, 0.2) is 48.5 Å². The van der Waals surface area contributed by atoms with Crippen LogP contribution < -0.4 is 10.1 Å². The average Bonchev–Trinajstić information content (AvgIpc) is 2.45. The van der Waals surface area contributed by atoms with E-state index in [2.05, 4.69) is 5.32 Å². The topological polar surface area (TPSA) is 21.3 Å². The lowest BCUT2D eigenvalue weighted by molar-refractivity contribution is -0.137. The summed E-state index contributed by atoms with van der Waals surface area (Å²) in [6.07, 6.45) is -4.34. The van der Waals surface area contributed by atoms with E-state index in [4.69, 9.17) is 4.74 Å². The Labute approximate surface area is 119 Å². The molecule has 2 aromatic rings. The highest BCUT2D eigenvalue weighted by Gasteiger charge is 2.29. The zero-order valence-electron chi connectivity index (χ0n) is 11.0. The highest BCUT2D eigenvalue weighted by atomic mass is 19.4. The minimum atomic E-state index is -4.34. The summed E-state index contributed by atoms with van der Waals surface area (Å²) < 4.78 is 55.1. The molecule has 0 unspecified atom stereocenters. The van der Waals surface area contributed by atoms with Crippen LogP contribution in [0.1, 0.15) is 5.56 Å².